The summed E-state index contributed by atoms with van der Waals surface area (Å²) in [6, 6.07) is 4.63. The van der Waals surface area contributed by atoms with E-state index in [0.717, 1.165) is 37.6 Å². The summed E-state index contributed by atoms with van der Waals surface area (Å²) in [6.07, 6.45) is 6.95. The molecule has 2 aromatic rings. The number of hydrogen-bond acceptors (Lipinski definition) is 4. The van der Waals surface area contributed by atoms with Gasteiger partial charge in [-0.2, -0.15) is 0 Å². The van der Waals surface area contributed by atoms with Crippen molar-refractivity contribution in [2.45, 2.75) is 32.5 Å². The minimum absolute atomic E-state index is 0.337. The first-order valence-corrected chi connectivity index (χ1v) is 7.20. The second-order valence-electron chi connectivity index (χ2n) is 5.15. The topological polar surface area (TPSA) is 46.0 Å². The molecule has 0 saturated carbocycles. The van der Waals surface area contributed by atoms with E-state index in [9.17, 15) is 0 Å². The standard InChI is InChI=1S/C15H21N5/c1-3-13(16-2)14-5-4-12(10-18-14)20-9-8-19-7-6-17-15(19)11-20/h4-7,10,13,16H,3,8-9,11H2,1-2H3. The normalized spacial score (nSPS) is 16.0. The highest BCUT2D eigenvalue weighted by Gasteiger charge is 2.17. The fourth-order valence-corrected chi connectivity index (χ4v) is 2.75. The van der Waals surface area contributed by atoms with Gasteiger partial charge < -0.3 is 14.8 Å². The van der Waals surface area contributed by atoms with Crippen LogP contribution in [0.5, 0.6) is 0 Å². The van der Waals surface area contributed by atoms with E-state index < -0.39 is 0 Å². The summed E-state index contributed by atoms with van der Waals surface area (Å²) in [5.74, 6) is 1.13. The van der Waals surface area contributed by atoms with Crippen molar-refractivity contribution in [1.82, 2.24) is 19.9 Å². The van der Waals surface area contributed by atoms with Gasteiger partial charge in [-0.15, -0.1) is 0 Å². The largest absolute Gasteiger partial charge is 0.361 e. The average molecular weight is 271 g/mol. The molecule has 5 heteroatoms. The molecule has 1 N–H and O–H groups in total. The fraction of sp³-hybridized carbons (Fsp3) is 0.467. The van der Waals surface area contributed by atoms with E-state index in [2.05, 4.69) is 43.8 Å². The monoisotopic (exact) mass is 271 g/mol. The smallest absolute Gasteiger partial charge is 0.128 e. The molecule has 2 aromatic heterocycles. The number of fused-ring (bicyclic) bond motifs is 1. The third kappa shape index (κ3) is 2.41. The first-order valence-electron chi connectivity index (χ1n) is 7.20. The maximum absolute atomic E-state index is 4.61. The minimum Gasteiger partial charge on any atom is -0.361 e. The van der Waals surface area contributed by atoms with Crippen LogP contribution in [0.15, 0.2) is 30.7 Å². The zero-order valence-corrected chi connectivity index (χ0v) is 12.1. The molecule has 0 spiro atoms. The Hall–Kier alpha value is -1.88. The van der Waals surface area contributed by atoms with E-state index in [1.165, 1.54) is 5.69 Å². The quantitative estimate of drug-likeness (QED) is 0.923. The molecule has 3 rings (SSSR count). The minimum atomic E-state index is 0.337. The summed E-state index contributed by atoms with van der Waals surface area (Å²) in [7, 11) is 1.98. The lowest BCUT2D eigenvalue weighted by Gasteiger charge is -2.29. The predicted octanol–water partition coefficient (Wildman–Crippen LogP) is 1.97. The zero-order valence-electron chi connectivity index (χ0n) is 12.1. The highest BCUT2D eigenvalue weighted by Crippen LogP contribution is 2.21. The summed E-state index contributed by atoms with van der Waals surface area (Å²) in [5, 5.41) is 3.29. The summed E-state index contributed by atoms with van der Waals surface area (Å²) < 4.78 is 2.21. The van der Waals surface area contributed by atoms with Gasteiger partial charge in [0.15, 0.2) is 0 Å². The van der Waals surface area contributed by atoms with Crippen molar-refractivity contribution >= 4 is 5.69 Å². The first kappa shape index (κ1) is 13.1. The fourth-order valence-electron chi connectivity index (χ4n) is 2.75. The van der Waals surface area contributed by atoms with Gasteiger partial charge in [0.1, 0.15) is 5.82 Å². The molecule has 1 atom stereocenters. The lowest BCUT2D eigenvalue weighted by atomic mass is 10.1. The van der Waals surface area contributed by atoms with Gasteiger partial charge in [-0.1, -0.05) is 6.92 Å². The molecule has 0 fully saturated rings. The number of pyridine rings is 1. The number of aromatic nitrogens is 3. The Morgan fingerprint density at radius 1 is 1.30 bits per heavy atom. The third-order valence-corrected chi connectivity index (χ3v) is 3.99. The van der Waals surface area contributed by atoms with Gasteiger partial charge in [0.2, 0.25) is 0 Å². The summed E-state index contributed by atoms with van der Waals surface area (Å²) in [4.78, 5) is 11.3. The van der Waals surface area contributed by atoms with Crippen LogP contribution in [0, 0.1) is 0 Å². The number of anilines is 1. The number of imidazole rings is 1. The molecule has 3 heterocycles. The Labute approximate surface area is 119 Å². The molecule has 0 radical (unpaired) electrons. The number of hydrogen-bond donors (Lipinski definition) is 1. The Morgan fingerprint density at radius 3 is 2.90 bits per heavy atom. The van der Waals surface area contributed by atoms with Crippen molar-refractivity contribution in [2.75, 3.05) is 18.5 Å². The molecule has 1 aliphatic heterocycles. The van der Waals surface area contributed by atoms with Crippen molar-refractivity contribution in [1.29, 1.82) is 0 Å². The second-order valence-corrected chi connectivity index (χ2v) is 5.15. The van der Waals surface area contributed by atoms with Gasteiger partial charge >= 0.3 is 0 Å². The van der Waals surface area contributed by atoms with Crippen molar-refractivity contribution in [3.05, 3.63) is 42.2 Å². The molecule has 1 aliphatic rings. The number of rotatable bonds is 4. The molecular weight excluding hydrogens is 250 g/mol. The Kier molecular flexibility index (Phi) is 3.69. The van der Waals surface area contributed by atoms with Gasteiger partial charge in [-0.05, 0) is 25.6 Å². The van der Waals surface area contributed by atoms with Crippen LogP contribution in [0.3, 0.4) is 0 Å². The van der Waals surface area contributed by atoms with E-state index in [-0.39, 0.29) is 0 Å². The van der Waals surface area contributed by atoms with Crippen LogP contribution in [0.4, 0.5) is 5.69 Å². The molecule has 106 valence electrons. The molecule has 0 saturated heterocycles. The van der Waals surface area contributed by atoms with Gasteiger partial charge in [-0.3, -0.25) is 4.98 Å². The second kappa shape index (κ2) is 5.63. The maximum Gasteiger partial charge on any atom is 0.128 e. The van der Waals surface area contributed by atoms with Gasteiger partial charge in [0.05, 0.1) is 24.1 Å². The average Bonchev–Trinajstić information content (AvgIpc) is 2.96. The van der Waals surface area contributed by atoms with E-state index in [1.54, 1.807) is 0 Å². The SMILES string of the molecule is CCC(NC)c1ccc(N2CCn3ccnc3C2)cn1. The molecule has 0 aliphatic carbocycles. The molecule has 20 heavy (non-hydrogen) atoms. The lowest BCUT2D eigenvalue weighted by Crippen LogP contribution is -2.33. The van der Waals surface area contributed by atoms with Crippen LogP contribution in [-0.2, 0) is 13.1 Å². The predicted molar refractivity (Wildman–Crippen MR) is 79.6 cm³/mol. The van der Waals surface area contributed by atoms with Gasteiger partial charge in [0, 0.05) is 31.5 Å². The highest BCUT2D eigenvalue weighted by molar-refractivity contribution is 5.45. The van der Waals surface area contributed by atoms with E-state index in [1.807, 2.05) is 25.6 Å². The van der Waals surface area contributed by atoms with Crippen LogP contribution < -0.4 is 10.2 Å². The molecule has 0 aromatic carbocycles. The van der Waals surface area contributed by atoms with Crippen molar-refractivity contribution < 1.29 is 0 Å². The Morgan fingerprint density at radius 2 is 2.20 bits per heavy atom. The summed E-state index contributed by atoms with van der Waals surface area (Å²) in [5.41, 5.74) is 2.28. The molecule has 0 amide bonds. The van der Waals surface area contributed by atoms with Crippen molar-refractivity contribution in [2.24, 2.45) is 0 Å². The third-order valence-electron chi connectivity index (χ3n) is 3.99. The molecular formula is C15H21N5. The van der Waals surface area contributed by atoms with Crippen LogP contribution in [0.25, 0.3) is 0 Å². The van der Waals surface area contributed by atoms with E-state index in [0.29, 0.717) is 6.04 Å². The maximum atomic E-state index is 4.61. The summed E-state index contributed by atoms with van der Waals surface area (Å²) in [6.45, 7) is 5.03. The summed E-state index contributed by atoms with van der Waals surface area (Å²) >= 11 is 0. The van der Waals surface area contributed by atoms with E-state index >= 15 is 0 Å². The first-order chi connectivity index (χ1) is 9.81. The highest BCUT2D eigenvalue weighted by atomic mass is 15.2. The van der Waals surface area contributed by atoms with Crippen LogP contribution in [0.1, 0.15) is 30.9 Å². The van der Waals surface area contributed by atoms with Gasteiger partial charge in [0.25, 0.3) is 0 Å². The van der Waals surface area contributed by atoms with Crippen LogP contribution in [0.2, 0.25) is 0 Å². The van der Waals surface area contributed by atoms with Gasteiger partial charge in [-0.25, -0.2) is 4.98 Å². The van der Waals surface area contributed by atoms with Crippen molar-refractivity contribution in [3.63, 3.8) is 0 Å². The molecule has 1 unspecified atom stereocenters. The van der Waals surface area contributed by atoms with Crippen LogP contribution >= 0.6 is 0 Å². The molecule has 0 bridgehead atoms. The van der Waals surface area contributed by atoms with Crippen molar-refractivity contribution in [3.8, 4) is 0 Å². The number of nitrogens with zero attached hydrogens (tertiary/aromatic N) is 4. The Balaban J connectivity index is 1.75. The molecule has 5 nitrogen and oxygen atoms in total. The zero-order chi connectivity index (χ0) is 13.9. The van der Waals surface area contributed by atoms with E-state index in [4.69, 9.17) is 0 Å². The Bertz CT molecular complexity index is 556. The lowest BCUT2D eigenvalue weighted by molar-refractivity contribution is 0.553. The van der Waals surface area contributed by atoms with Crippen LogP contribution in [-0.4, -0.2) is 28.1 Å². The number of nitrogens with one attached hydrogen (secondary N) is 1.